The number of carbonyl (C=O) groups is 2. The van der Waals surface area contributed by atoms with Gasteiger partial charge in [0.15, 0.2) is 5.82 Å². The van der Waals surface area contributed by atoms with Gasteiger partial charge in [-0.1, -0.05) is 18.2 Å². The number of fused-ring (bicyclic) bond motifs is 1. The van der Waals surface area contributed by atoms with Crippen LogP contribution in [0.15, 0.2) is 60.4 Å². The van der Waals surface area contributed by atoms with E-state index in [2.05, 4.69) is 25.9 Å². The van der Waals surface area contributed by atoms with Crippen molar-refractivity contribution in [3.05, 3.63) is 77.3 Å². The van der Waals surface area contributed by atoms with Crippen LogP contribution in [-0.4, -0.2) is 28.8 Å². The number of carbonyl (C=O) groups excluding carboxylic acids is 2. The summed E-state index contributed by atoms with van der Waals surface area (Å²) in [6.45, 7) is 0. The molecular weight excluding hydrogens is 405 g/mol. The first-order chi connectivity index (χ1) is 14.5. The van der Waals surface area contributed by atoms with Crippen LogP contribution in [0.25, 0.3) is 10.1 Å². The molecular formula is C21H16FN5O2S. The predicted octanol–water partition coefficient (Wildman–Crippen LogP) is 4.19. The van der Waals surface area contributed by atoms with Crippen LogP contribution < -0.4 is 16.0 Å². The predicted molar refractivity (Wildman–Crippen MR) is 115 cm³/mol. The molecule has 2 amide bonds. The molecule has 0 aliphatic heterocycles. The molecule has 0 bridgehead atoms. The third-order valence-corrected chi connectivity index (χ3v) is 5.28. The zero-order valence-corrected chi connectivity index (χ0v) is 16.6. The molecule has 0 fully saturated rings. The van der Waals surface area contributed by atoms with E-state index in [4.69, 9.17) is 0 Å². The number of nitrogens with one attached hydrogen (secondary N) is 3. The Hall–Kier alpha value is -3.85. The van der Waals surface area contributed by atoms with Gasteiger partial charge in [0.05, 0.1) is 34.9 Å². The van der Waals surface area contributed by atoms with E-state index in [9.17, 15) is 14.0 Å². The molecule has 3 heterocycles. The first-order valence-electron chi connectivity index (χ1n) is 8.92. The number of anilines is 3. The number of aromatic nitrogens is 2. The first-order valence-corrected chi connectivity index (χ1v) is 9.80. The van der Waals surface area contributed by atoms with Gasteiger partial charge in [-0.05, 0) is 12.1 Å². The van der Waals surface area contributed by atoms with Crippen molar-refractivity contribution in [2.75, 3.05) is 17.7 Å². The summed E-state index contributed by atoms with van der Waals surface area (Å²) in [4.78, 5) is 33.0. The molecule has 0 saturated carbocycles. The first kappa shape index (κ1) is 19.5. The number of halogens is 1. The quantitative estimate of drug-likeness (QED) is 0.449. The Labute approximate surface area is 175 Å². The highest BCUT2D eigenvalue weighted by Crippen LogP contribution is 2.29. The lowest BCUT2D eigenvalue weighted by atomic mass is 10.1. The van der Waals surface area contributed by atoms with Crippen molar-refractivity contribution < 1.29 is 14.0 Å². The maximum Gasteiger partial charge on any atom is 0.257 e. The molecule has 7 nitrogen and oxygen atoms in total. The Morgan fingerprint density at radius 2 is 1.90 bits per heavy atom. The third-order valence-electron chi connectivity index (χ3n) is 4.32. The number of amides is 2. The number of nitrogens with zero attached hydrogens (tertiary/aromatic N) is 2. The number of pyridine rings is 2. The monoisotopic (exact) mass is 421 g/mol. The average Bonchev–Trinajstić information content (AvgIpc) is 3.19. The summed E-state index contributed by atoms with van der Waals surface area (Å²) in [5.74, 6) is -0.957. The van der Waals surface area contributed by atoms with E-state index in [0.29, 0.717) is 11.3 Å². The number of benzene rings is 1. The van der Waals surface area contributed by atoms with Gasteiger partial charge in [-0.3, -0.25) is 14.6 Å². The number of rotatable bonds is 5. The van der Waals surface area contributed by atoms with Crippen molar-refractivity contribution in [2.45, 2.75) is 0 Å². The lowest BCUT2D eigenvalue weighted by molar-refractivity contribution is 0.0961. The molecule has 0 saturated heterocycles. The van der Waals surface area contributed by atoms with E-state index in [1.165, 1.54) is 42.9 Å². The van der Waals surface area contributed by atoms with Gasteiger partial charge < -0.3 is 16.0 Å². The maximum atomic E-state index is 13.5. The van der Waals surface area contributed by atoms with Crippen LogP contribution in [-0.2, 0) is 0 Å². The van der Waals surface area contributed by atoms with Crippen molar-refractivity contribution in [3.8, 4) is 0 Å². The minimum absolute atomic E-state index is 0.253. The minimum atomic E-state index is -0.516. The molecule has 0 aliphatic carbocycles. The Kier molecular flexibility index (Phi) is 5.36. The minimum Gasteiger partial charge on any atom is -0.355 e. The van der Waals surface area contributed by atoms with Gasteiger partial charge in [-0.25, -0.2) is 9.37 Å². The van der Waals surface area contributed by atoms with Crippen molar-refractivity contribution in [1.82, 2.24) is 15.3 Å². The second kappa shape index (κ2) is 8.26. The van der Waals surface area contributed by atoms with Gasteiger partial charge in [-0.15, -0.1) is 11.3 Å². The second-order valence-electron chi connectivity index (χ2n) is 6.32. The molecule has 1 aromatic carbocycles. The fourth-order valence-electron chi connectivity index (χ4n) is 2.89. The van der Waals surface area contributed by atoms with Crippen LogP contribution in [0, 0.1) is 5.82 Å². The third kappa shape index (κ3) is 3.96. The highest BCUT2D eigenvalue weighted by molar-refractivity contribution is 7.17. The molecule has 4 aromatic rings. The molecule has 3 aromatic heterocycles. The summed E-state index contributed by atoms with van der Waals surface area (Å²) >= 11 is 1.47. The summed E-state index contributed by atoms with van der Waals surface area (Å²) < 4.78 is 14.5. The van der Waals surface area contributed by atoms with Gasteiger partial charge in [0.25, 0.3) is 11.8 Å². The van der Waals surface area contributed by atoms with Gasteiger partial charge in [0.2, 0.25) is 0 Å². The molecule has 3 N–H and O–H groups in total. The molecule has 4 rings (SSSR count). The van der Waals surface area contributed by atoms with Gasteiger partial charge in [0, 0.05) is 34.8 Å². The summed E-state index contributed by atoms with van der Waals surface area (Å²) in [7, 11) is 1.50. The van der Waals surface area contributed by atoms with Gasteiger partial charge in [-0.2, -0.15) is 0 Å². The van der Waals surface area contributed by atoms with Gasteiger partial charge >= 0.3 is 0 Å². The SMILES string of the molecule is CNC(=O)c1cnc(Nc2cncc(F)c2)c(NC(=O)c2csc3ccccc23)c1. The summed E-state index contributed by atoms with van der Waals surface area (Å²) in [5, 5.41) is 10.9. The topological polar surface area (TPSA) is 96.0 Å². The van der Waals surface area contributed by atoms with E-state index >= 15 is 0 Å². The zero-order valence-electron chi connectivity index (χ0n) is 15.8. The van der Waals surface area contributed by atoms with E-state index in [1.54, 1.807) is 5.38 Å². The lowest BCUT2D eigenvalue weighted by Crippen LogP contribution is -2.19. The summed E-state index contributed by atoms with van der Waals surface area (Å²) in [6, 6.07) is 10.3. The Bertz CT molecular complexity index is 1260. The molecule has 0 atom stereocenters. The number of hydrogen-bond acceptors (Lipinski definition) is 6. The zero-order chi connectivity index (χ0) is 21.1. The fraction of sp³-hybridized carbons (Fsp3) is 0.0476. The molecule has 0 radical (unpaired) electrons. The van der Waals surface area contributed by atoms with Crippen LogP contribution in [0.5, 0.6) is 0 Å². The average molecular weight is 421 g/mol. The Morgan fingerprint density at radius 1 is 1.07 bits per heavy atom. The standard InChI is InChI=1S/C21H16FN5O2S/c1-23-20(28)12-6-17(19(25-8-12)26-14-7-13(22)9-24-10-14)27-21(29)16-11-30-18-5-3-2-4-15(16)18/h2-11H,1H3,(H,23,28)(H,25,26)(H,27,29). The molecule has 0 aliphatic rings. The van der Waals surface area contributed by atoms with Crippen LogP contribution in [0.3, 0.4) is 0 Å². The van der Waals surface area contributed by atoms with Crippen molar-refractivity contribution >= 4 is 50.4 Å². The summed E-state index contributed by atoms with van der Waals surface area (Å²) in [6.07, 6.45) is 3.87. The Morgan fingerprint density at radius 3 is 2.70 bits per heavy atom. The smallest absolute Gasteiger partial charge is 0.257 e. The van der Waals surface area contributed by atoms with Crippen LogP contribution >= 0.6 is 11.3 Å². The van der Waals surface area contributed by atoms with E-state index in [-0.39, 0.29) is 28.9 Å². The molecule has 9 heteroatoms. The van der Waals surface area contributed by atoms with Crippen LogP contribution in [0.4, 0.5) is 21.6 Å². The Balaban J connectivity index is 1.70. The highest BCUT2D eigenvalue weighted by atomic mass is 32.1. The number of thiophene rings is 1. The van der Waals surface area contributed by atoms with Crippen molar-refractivity contribution in [3.63, 3.8) is 0 Å². The molecule has 30 heavy (non-hydrogen) atoms. The normalized spacial score (nSPS) is 10.6. The van der Waals surface area contributed by atoms with Crippen molar-refractivity contribution in [2.24, 2.45) is 0 Å². The van der Waals surface area contributed by atoms with E-state index < -0.39 is 5.82 Å². The van der Waals surface area contributed by atoms with E-state index in [0.717, 1.165) is 16.3 Å². The second-order valence-corrected chi connectivity index (χ2v) is 7.23. The van der Waals surface area contributed by atoms with Gasteiger partial charge in [0.1, 0.15) is 5.82 Å². The highest BCUT2D eigenvalue weighted by Gasteiger charge is 2.17. The van der Waals surface area contributed by atoms with E-state index in [1.807, 2.05) is 24.3 Å². The fourth-order valence-corrected chi connectivity index (χ4v) is 3.83. The molecule has 0 spiro atoms. The van der Waals surface area contributed by atoms with Crippen molar-refractivity contribution in [1.29, 1.82) is 0 Å². The molecule has 0 unspecified atom stereocenters. The molecule has 150 valence electrons. The van der Waals surface area contributed by atoms with Crippen LogP contribution in [0.2, 0.25) is 0 Å². The lowest BCUT2D eigenvalue weighted by Gasteiger charge is -2.13. The van der Waals surface area contributed by atoms with Crippen LogP contribution in [0.1, 0.15) is 20.7 Å². The number of hydrogen-bond donors (Lipinski definition) is 3. The summed E-state index contributed by atoms with van der Waals surface area (Å²) in [5.41, 5.74) is 1.41. The largest absolute Gasteiger partial charge is 0.355 e. The maximum absolute atomic E-state index is 13.5.